The first-order valence-corrected chi connectivity index (χ1v) is 5.19. The molecule has 0 aromatic rings. The molecule has 2 nitrogen and oxygen atoms in total. The normalized spacial score (nSPS) is 18.6. The van der Waals surface area contributed by atoms with Crippen molar-refractivity contribution >= 4 is 15.9 Å². The third kappa shape index (κ3) is 4.07. The zero-order valence-corrected chi connectivity index (χ0v) is 10.1. The molecule has 3 N–H and O–H groups in total. The summed E-state index contributed by atoms with van der Waals surface area (Å²) in [5.74, 6) is 0. The summed E-state index contributed by atoms with van der Waals surface area (Å²) in [6.07, 6.45) is 4.76. The number of hydrogen-bond donors (Lipinski definition) is 2. The van der Waals surface area contributed by atoms with Crippen molar-refractivity contribution in [2.45, 2.75) is 32.7 Å². The van der Waals surface area contributed by atoms with E-state index in [1.54, 1.807) is 0 Å². The van der Waals surface area contributed by atoms with Crippen molar-refractivity contribution in [3.05, 3.63) is 22.2 Å². The predicted molar refractivity (Wildman–Crippen MR) is 60.7 cm³/mol. The van der Waals surface area contributed by atoms with E-state index in [1.807, 2.05) is 32.9 Å². The maximum absolute atomic E-state index is 9.08. The van der Waals surface area contributed by atoms with Crippen molar-refractivity contribution in [1.82, 2.24) is 0 Å². The molecule has 0 aliphatic carbocycles. The van der Waals surface area contributed by atoms with Gasteiger partial charge >= 0.3 is 0 Å². The molecule has 0 bridgehead atoms. The van der Waals surface area contributed by atoms with Crippen LogP contribution < -0.4 is 5.73 Å². The summed E-state index contributed by atoms with van der Waals surface area (Å²) in [7, 11) is 0. The van der Waals surface area contributed by atoms with Crippen LogP contribution in [0.2, 0.25) is 0 Å². The van der Waals surface area contributed by atoms with Crippen LogP contribution in [0.1, 0.15) is 27.2 Å². The van der Waals surface area contributed by atoms with Gasteiger partial charge in [-0.2, -0.15) is 0 Å². The summed E-state index contributed by atoms with van der Waals surface area (Å²) in [5, 5.41) is 9.08. The first kappa shape index (κ1) is 12.9. The monoisotopic (exact) mass is 247 g/mol. The van der Waals surface area contributed by atoms with Gasteiger partial charge in [0, 0.05) is 4.48 Å². The van der Waals surface area contributed by atoms with Gasteiger partial charge in [0.25, 0.3) is 0 Å². The molecule has 0 rings (SSSR count). The number of nitrogens with two attached hydrogens (primary N) is 1. The predicted octanol–water partition coefficient (Wildman–Crippen LogP) is 2.33. The minimum absolute atomic E-state index is 0.0311. The van der Waals surface area contributed by atoms with E-state index in [0.29, 0.717) is 0 Å². The topological polar surface area (TPSA) is 46.2 Å². The Kier molecular flexibility index (Phi) is 5.53. The highest BCUT2D eigenvalue weighted by Gasteiger charge is 2.21. The Morgan fingerprint density at radius 3 is 2.46 bits per heavy atom. The molecular weight excluding hydrogens is 230 g/mol. The molecule has 1 unspecified atom stereocenters. The van der Waals surface area contributed by atoms with Gasteiger partial charge in [-0.3, -0.25) is 0 Å². The average Bonchev–Trinajstić information content (AvgIpc) is 2.13. The minimum atomic E-state index is -0.614. The Labute approximate surface area is 88.6 Å². The summed E-state index contributed by atoms with van der Waals surface area (Å²) < 4.78 is 0.995. The second-order valence-corrected chi connectivity index (χ2v) is 4.19. The van der Waals surface area contributed by atoms with Gasteiger partial charge in [0.2, 0.25) is 0 Å². The Balaban J connectivity index is 4.79. The van der Waals surface area contributed by atoms with Crippen LogP contribution in [0.4, 0.5) is 0 Å². The maximum atomic E-state index is 9.08. The lowest BCUT2D eigenvalue weighted by Gasteiger charge is -2.24. The fourth-order valence-electron chi connectivity index (χ4n) is 1.02. The van der Waals surface area contributed by atoms with Crippen molar-refractivity contribution in [1.29, 1.82) is 0 Å². The minimum Gasteiger partial charge on any atom is -0.394 e. The highest BCUT2D eigenvalue weighted by Crippen LogP contribution is 2.20. The smallest absolute Gasteiger partial charge is 0.0647 e. The number of aliphatic hydroxyl groups is 1. The van der Waals surface area contributed by atoms with E-state index in [-0.39, 0.29) is 6.61 Å². The van der Waals surface area contributed by atoms with Crippen LogP contribution in [-0.2, 0) is 0 Å². The molecule has 0 aliphatic rings. The second kappa shape index (κ2) is 5.58. The van der Waals surface area contributed by atoms with Crippen molar-refractivity contribution in [3.8, 4) is 0 Å². The van der Waals surface area contributed by atoms with Crippen LogP contribution >= 0.6 is 15.9 Å². The van der Waals surface area contributed by atoms with Gasteiger partial charge in [0.15, 0.2) is 0 Å². The van der Waals surface area contributed by atoms with Crippen LogP contribution in [0, 0.1) is 0 Å². The molecule has 3 heteroatoms. The number of allylic oxidation sites excluding steroid dienone is 3. The van der Waals surface area contributed by atoms with E-state index >= 15 is 0 Å². The van der Waals surface area contributed by atoms with Crippen LogP contribution in [0.5, 0.6) is 0 Å². The maximum Gasteiger partial charge on any atom is 0.0647 e. The van der Waals surface area contributed by atoms with Crippen molar-refractivity contribution in [2.75, 3.05) is 6.61 Å². The highest BCUT2D eigenvalue weighted by molar-refractivity contribution is 9.11. The van der Waals surface area contributed by atoms with E-state index in [4.69, 9.17) is 10.8 Å². The average molecular weight is 248 g/mol. The lowest BCUT2D eigenvalue weighted by atomic mass is 9.91. The molecule has 0 saturated heterocycles. The quantitative estimate of drug-likeness (QED) is 0.750. The third-order valence-corrected chi connectivity index (χ3v) is 2.72. The summed E-state index contributed by atoms with van der Waals surface area (Å²) >= 11 is 3.39. The van der Waals surface area contributed by atoms with Crippen LogP contribution in [0.15, 0.2) is 22.2 Å². The Morgan fingerprint density at radius 1 is 1.62 bits per heavy atom. The van der Waals surface area contributed by atoms with E-state index in [0.717, 1.165) is 16.5 Å². The zero-order chi connectivity index (χ0) is 10.5. The third-order valence-electron chi connectivity index (χ3n) is 2.03. The van der Waals surface area contributed by atoms with E-state index < -0.39 is 5.54 Å². The molecule has 0 amide bonds. The summed E-state index contributed by atoms with van der Waals surface area (Å²) in [5.41, 5.74) is 6.33. The SMILES string of the molecule is C/C=C(Br)\C=C(/CC)C(C)(N)CO. The number of halogens is 1. The molecule has 0 radical (unpaired) electrons. The summed E-state index contributed by atoms with van der Waals surface area (Å²) in [6, 6.07) is 0. The van der Waals surface area contributed by atoms with Crippen LogP contribution in [0.3, 0.4) is 0 Å². The largest absolute Gasteiger partial charge is 0.394 e. The van der Waals surface area contributed by atoms with Gasteiger partial charge < -0.3 is 10.8 Å². The summed E-state index contributed by atoms with van der Waals surface area (Å²) in [6.45, 7) is 5.78. The number of hydrogen-bond acceptors (Lipinski definition) is 2. The zero-order valence-electron chi connectivity index (χ0n) is 8.47. The number of rotatable bonds is 4. The molecule has 0 spiro atoms. The van der Waals surface area contributed by atoms with E-state index in [2.05, 4.69) is 15.9 Å². The van der Waals surface area contributed by atoms with Crippen molar-refractivity contribution in [3.63, 3.8) is 0 Å². The fourth-order valence-corrected chi connectivity index (χ4v) is 1.30. The molecule has 0 aromatic carbocycles. The first-order valence-electron chi connectivity index (χ1n) is 4.40. The van der Waals surface area contributed by atoms with Gasteiger partial charge in [-0.1, -0.05) is 28.9 Å². The lowest BCUT2D eigenvalue weighted by Crippen LogP contribution is -2.42. The lowest BCUT2D eigenvalue weighted by molar-refractivity contribution is 0.229. The Bertz CT molecular complexity index is 219. The molecular formula is C10H18BrNO. The fraction of sp³-hybridized carbons (Fsp3) is 0.600. The van der Waals surface area contributed by atoms with Gasteiger partial charge in [0.1, 0.15) is 0 Å². The van der Waals surface area contributed by atoms with Crippen molar-refractivity contribution in [2.24, 2.45) is 5.73 Å². The molecule has 0 saturated carbocycles. The highest BCUT2D eigenvalue weighted by atomic mass is 79.9. The molecule has 0 fully saturated rings. The standard InChI is InChI=1S/C10H18BrNO/c1-4-8(6-9(11)5-2)10(3,12)7-13/h5-6,13H,4,7,12H2,1-3H3/b8-6+,9-5+. The molecule has 0 aliphatic heterocycles. The molecule has 0 aromatic heterocycles. The molecule has 13 heavy (non-hydrogen) atoms. The first-order chi connectivity index (χ1) is 5.97. The molecule has 0 heterocycles. The van der Waals surface area contributed by atoms with E-state index in [1.165, 1.54) is 0 Å². The van der Waals surface area contributed by atoms with Crippen LogP contribution in [-0.4, -0.2) is 17.3 Å². The number of aliphatic hydroxyl groups excluding tert-OH is 1. The van der Waals surface area contributed by atoms with E-state index in [9.17, 15) is 0 Å². The Hall–Kier alpha value is -0.120. The Morgan fingerprint density at radius 2 is 2.15 bits per heavy atom. The van der Waals surface area contributed by atoms with Gasteiger partial charge in [-0.25, -0.2) is 0 Å². The van der Waals surface area contributed by atoms with Crippen LogP contribution in [0.25, 0.3) is 0 Å². The molecule has 1 atom stereocenters. The van der Waals surface area contributed by atoms with Gasteiger partial charge in [-0.15, -0.1) is 0 Å². The second-order valence-electron chi connectivity index (χ2n) is 3.27. The van der Waals surface area contributed by atoms with Gasteiger partial charge in [-0.05, 0) is 31.9 Å². The summed E-state index contributed by atoms with van der Waals surface area (Å²) in [4.78, 5) is 0. The van der Waals surface area contributed by atoms with Gasteiger partial charge in [0.05, 0.1) is 12.1 Å². The van der Waals surface area contributed by atoms with Crippen molar-refractivity contribution < 1.29 is 5.11 Å². The molecule has 76 valence electrons.